The van der Waals surface area contributed by atoms with Gasteiger partial charge >= 0.3 is 5.97 Å². The minimum atomic E-state index is -0.470. The average molecular weight is 233 g/mol. The second-order valence-electron chi connectivity index (χ2n) is 2.73. The number of esters is 1. The highest BCUT2D eigenvalue weighted by Crippen LogP contribution is 2.24. The van der Waals surface area contributed by atoms with Gasteiger partial charge in [-0.2, -0.15) is 0 Å². The number of carbonyl (C=O) groups is 1. The number of carbonyl (C=O) groups excluding carboxylic acids is 1. The standard InChI is InChI=1S/C10H10Cl2O2/c1-2-6-14-10(13)9-7(11)4-3-5-8(9)12/h3-5H,2,6H2,1H3. The first-order chi connectivity index (χ1) is 6.66. The summed E-state index contributed by atoms with van der Waals surface area (Å²) in [6, 6.07) is 4.90. The van der Waals surface area contributed by atoms with Crippen molar-refractivity contribution in [3.63, 3.8) is 0 Å². The highest BCUT2D eigenvalue weighted by atomic mass is 35.5. The van der Waals surface area contributed by atoms with E-state index in [0.717, 1.165) is 6.42 Å². The van der Waals surface area contributed by atoms with Gasteiger partial charge in [-0.25, -0.2) is 4.79 Å². The maximum Gasteiger partial charge on any atom is 0.341 e. The van der Waals surface area contributed by atoms with Crippen molar-refractivity contribution >= 4 is 29.2 Å². The molecule has 0 aliphatic carbocycles. The van der Waals surface area contributed by atoms with Gasteiger partial charge in [-0.15, -0.1) is 0 Å². The van der Waals surface area contributed by atoms with E-state index in [9.17, 15) is 4.79 Å². The Bertz CT molecular complexity index is 317. The number of rotatable bonds is 3. The Morgan fingerprint density at radius 3 is 2.43 bits per heavy atom. The zero-order valence-corrected chi connectivity index (χ0v) is 9.23. The van der Waals surface area contributed by atoms with Gasteiger partial charge in [0.1, 0.15) is 0 Å². The van der Waals surface area contributed by atoms with E-state index in [-0.39, 0.29) is 5.56 Å². The van der Waals surface area contributed by atoms with E-state index >= 15 is 0 Å². The normalized spacial score (nSPS) is 9.93. The fraction of sp³-hybridized carbons (Fsp3) is 0.300. The Morgan fingerprint density at radius 2 is 1.93 bits per heavy atom. The van der Waals surface area contributed by atoms with Crippen LogP contribution in [0.2, 0.25) is 10.0 Å². The third-order valence-corrected chi connectivity index (χ3v) is 2.23. The number of hydrogen-bond acceptors (Lipinski definition) is 2. The average Bonchev–Trinajstić information content (AvgIpc) is 2.14. The molecule has 0 saturated heterocycles. The van der Waals surface area contributed by atoms with Crippen molar-refractivity contribution in [3.05, 3.63) is 33.8 Å². The number of ether oxygens (including phenoxy) is 1. The maximum atomic E-state index is 11.5. The quantitative estimate of drug-likeness (QED) is 0.746. The molecular weight excluding hydrogens is 223 g/mol. The molecule has 0 atom stereocenters. The van der Waals surface area contributed by atoms with E-state index in [1.54, 1.807) is 18.2 Å². The Labute approximate surface area is 92.8 Å². The third-order valence-electron chi connectivity index (χ3n) is 1.60. The van der Waals surface area contributed by atoms with Gasteiger partial charge in [0.05, 0.1) is 22.2 Å². The molecule has 0 heterocycles. The predicted octanol–water partition coefficient (Wildman–Crippen LogP) is 3.56. The summed E-state index contributed by atoms with van der Waals surface area (Å²) in [7, 11) is 0. The maximum absolute atomic E-state index is 11.5. The monoisotopic (exact) mass is 232 g/mol. The number of halogens is 2. The van der Waals surface area contributed by atoms with E-state index in [1.807, 2.05) is 6.92 Å². The van der Waals surface area contributed by atoms with Crippen LogP contribution in [0.4, 0.5) is 0 Å². The van der Waals surface area contributed by atoms with Gasteiger partial charge in [-0.05, 0) is 18.6 Å². The van der Waals surface area contributed by atoms with Gasteiger partial charge in [0, 0.05) is 0 Å². The summed E-state index contributed by atoms with van der Waals surface area (Å²) in [5.41, 5.74) is 0.240. The molecule has 0 radical (unpaired) electrons. The largest absolute Gasteiger partial charge is 0.462 e. The van der Waals surface area contributed by atoms with Crippen LogP contribution in [0.15, 0.2) is 18.2 Å². The number of hydrogen-bond donors (Lipinski definition) is 0. The molecule has 0 aliphatic rings. The van der Waals surface area contributed by atoms with E-state index in [1.165, 1.54) is 0 Å². The molecular formula is C10H10Cl2O2. The molecule has 0 fully saturated rings. The zero-order valence-electron chi connectivity index (χ0n) is 7.72. The molecule has 0 N–H and O–H groups in total. The highest BCUT2D eigenvalue weighted by molar-refractivity contribution is 6.39. The summed E-state index contributed by atoms with van der Waals surface area (Å²) in [5.74, 6) is -0.470. The molecule has 2 nitrogen and oxygen atoms in total. The molecule has 0 aromatic heterocycles. The number of benzene rings is 1. The molecule has 0 bridgehead atoms. The lowest BCUT2D eigenvalue weighted by Gasteiger charge is -2.06. The van der Waals surface area contributed by atoms with Crippen molar-refractivity contribution in [1.82, 2.24) is 0 Å². The third kappa shape index (κ3) is 2.63. The van der Waals surface area contributed by atoms with Crippen LogP contribution in [0.25, 0.3) is 0 Å². The van der Waals surface area contributed by atoms with E-state index < -0.39 is 5.97 Å². The first kappa shape index (κ1) is 11.3. The van der Waals surface area contributed by atoms with Crippen LogP contribution < -0.4 is 0 Å². The van der Waals surface area contributed by atoms with Crippen LogP contribution in [0.1, 0.15) is 23.7 Å². The molecule has 1 rings (SSSR count). The van der Waals surface area contributed by atoms with Crippen molar-refractivity contribution in [2.45, 2.75) is 13.3 Å². The van der Waals surface area contributed by atoms with Crippen molar-refractivity contribution in [3.8, 4) is 0 Å². The molecule has 0 aliphatic heterocycles. The second-order valence-corrected chi connectivity index (χ2v) is 3.55. The van der Waals surface area contributed by atoms with Gasteiger partial charge < -0.3 is 4.74 Å². The Morgan fingerprint density at radius 1 is 1.36 bits per heavy atom. The summed E-state index contributed by atoms with van der Waals surface area (Å²) in [4.78, 5) is 11.5. The van der Waals surface area contributed by atoms with Crippen molar-refractivity contribution in [2.24, 2.45) is 0 Å². The van der Waals surface area contributed by atoms with Crippen LogP contribution in [-0.4, -0.2) is 12.6 Å². The summed E-state index contributed by atoms with van der Waals surface area (Å²) in [6.45, 7) is 2.29. The molecule has 0 amide bonds. The zero-order chi connectivity index (χ0) is 10.6. The lowest BCUT2D eigenvalue weighted by molar-refractivity contribution is 0.0505. The first-order valence-electron chi connectivity index (χ1n) is 4.28. The van der Waals surface area contributed by atoms with Gasteiger partial charge in [0.2, 0.25) is 0 Å². The highest BCUT2D eigenvalue weighted by Gasteiger charge is 2.15. The fourth-order valence-corrected chi connectivity index (χ4v) is 1.51. The minimum Gasteiger partial charge on any atom is -0.462 e. The topological polar surface area (TPSA) is 26.3 Å². The smallest absolute Gasteiger partial charge is 0.341 e. The summed E-state index contributed by atoms with van der Waals surface area (Å²) < 4.78 is 4.93. The SMILES string of the molecule is CCCOC(=O)c1c(Cl)cccc1Cl. The van der Waals surface area contributed by atoms with Crippen molar-refractivity contribution in [2.75, 3.05) is 6.61 Å². The lowest BCUT2D eigenvalue weighted by Crippen LogP contribution is -2.07. The van der Waals surface area contributed by atoms with E-state index in [2.05, 4.69) is 0 Å². The van der Waals surface area contributed by atoms with Crippen LogP contribution in [0, 0.1) is 0 Å². The van der Waals surface area contributed by atoms with Gasteiger partial charge in [0.25, 0.3) is 0 Å². The fourth-order valence-electron chi connectivity index (χ4n) is 0.960. The summed E-state index contributed by atoms with van der Waals surface area (Å²) >= 11 is 11.6. The predicted molar refractivity (Wildman–Crippen MR) is 57.0 cm³/mol. The molecule has 76 valence electrons. The first-order valence-corrected chi connectivity index (χ1v) is 5.03. The molecule has 14 heavy (non-hydrogen) atoms. The van der Waals surface area contributed by atoms with Crippen LogP contribution in [-0.2, 0) is 4.74 Å². The Balaban J connectivity index is 2.89. The molecule has 0 spiro atoms. The minimum absolute atomic E-state index is 0.240. The molecule has 1 aromatic rings. The van der Waals surface area contributed by atoms with Gasteiger partial charge in [0.15, 0.2) is 0 Å². The van der Waals surface area contributed by atoms with Crippen LogP contribution in [0.5, 0.6) is 0 Å². The summed E-state index contributed by atoms with van der Waals surface area (Å²) in [5, 5.41) is 0.636. The Hall–Kier alpha value is -0.730. The van der Waals surface area contributed by atoms with Gasteiger partial charge in [-0.1, -0.05) is 36.2 Å². The van der Waals surface area contributed by atoms with Crippen LogP contribution >= 0.6 is 23.2 Å². The molecule has 0 unspecified atom stereocenters. The Kier molecular flexibility index (Phi) is 4.23. The summed E-state index contributed by atoms with van der Waals surface area (Å²) in [6.07, 6.45) is 0.772. The van der Waals surface area contributed by atoms with Crippen molar-refractivity contribution in [1.29, 1.82) is 0 Å². The van der Waals surface area contributed by atoms with Crippen molar-refractivity contribution < 1.29 is 9.53 Å². The van der Waals surface area contributed by atoms with Crippen LogP contribution in [0.3, 0.4) is 0 Å². The molecule has 4 heteroatoms. The lowest BCUT2D eigenvalue weighted by atomic mass is 10.2. The second kappa shape index (κ2) is 5.23. The van der Waals surface area contributed by atoms with E-state index in [0.29, 0.717) is 16.7 Å². The van der Waals surface area contributed by atoms with Gasteiger partial charge in [-0.3, -0.25) is 0 Å². The molecule has 0 saturated carbocycles. The molecule has 1 aromatic carbocycles. The van der Waals surface area contributed by atoms with E-state index in [4.69, 9.17) is 27.9 Å².